The first-order valence-electron chi connectivity index (χ1n) is 16.3. The summed E-state index contributed by atoms with van der Waals surface area (Å²) in [5.74, 6) is 1.79. The van der Waals surface area contributed by atoms with Crippen molar-refractivity contribution in [2.45, 2.75) is 77.5 Å². The summed E-state index contributed by atoms with van der Waals surface area (Å²) in [5.41, 5.74) is 7.41. The molecule has 242 valence electrons. The fourth-order valence-corrected chi connectivity index (χ4v) is 6.94. The second kappa shape index (κ2) is 14.9. The summed E-state index contributed by atoms with van der Waals surface area (Å²) in [5, 5.41) is 4.40. The van der Waals surface area contributed by atoms with E-state index in [9.17, 15) is 4.79 Å². The van der Waals surface area contributed by atoms with Crippen LogP contribution in [0, 0.1) is 0 Å². The molecule has 2 atom stereocenters. The molecule has 2 aliphatic rings. The number of hydrogen-bond donors (Lipinski definition) is 1. The number of rotatable bonds is 12. The lowest BCUT2D eigenvalue weighted by atomic mass is 9.79. The molecule has 1 aliphatic heterocycles. The van der Waals surface area contributed by atoms with E-state index in [1.54, 1.807) is 7.11 Å². The SMILES string of the molecule is CCOCCN[C@@H]1CCCC(c2cc(N3Cc4cc(OC(C)C)c(OC)cc4CC3=O)c(-c3cccc(Cl)c3)cc2N(C)C)C1. The Morgan fingerprint density at radius 3 is 2.58 bits per heavy atom. The van der Waals surface area contributed by atoms with E-state index in [1.165, 1.54) is 17.7 Å². The van der Waals surface area contributed by atoms with Crippen molar-refractivity contribution in [2.24, 2.45) is 0 Å². The first-order valence-corrected chi connectivity index (χ1v) is 16.6. The number of nitrogens with zero attached hydrogens (tertiary/aromatic N) is 2. The Bertz CT molecular complexity index is 1490. The summed E-state index contributed by atoms with van der Waals surface area (Å²) >= 11 is 6.52. The molecule has 3 aromatic carbocycles. The zero-order valence-corrected chi connectivity index (χ0v) is 28.4. The van der Waals surface area contributed by atoms with Crippen LogP contribution in [0.1, 0.15) is 69.1 Å². The van der Waals surface area contributed by atoms with Gasteiger partial charge in [0, 0.05) is 49.6 Å². The van der Waals surface area contributed by atoms with Crippen LogP contribution in [-0.4, -0.2) is 59.0 Å². The van der Waals surface area contributed by atoms with Crippen LogP contribution in [0.25, 0.3) is 11.1 Å². The minimum Gasteiger partial charge on any atom is -0.493 e. The number of amides is 1. The lowest BCUT2D eigenvalue weighted by molar-refractivity contribution is -0.118. The van der Waals surface area contributed by atoms with Gasteiger partial charge in [0.15, 0.2) is 11.5 Å². The maximum atomic E-state index is 14.0. The minimum atomic E-state index is 0.00169. The maximum Gasteiger partial charge on any atom is 0.231 e. The predicted molar refractivity (Wildman–Crippen MR) is 184 cm³/mol. The van der Waals surface area contributed by atoms with Crippen LogP contribution in [0.5, 0.6) is 11.5 Å². The van der Waals surface area contributed by atoms with Crippen molar-refractivity contribution in [3.8, 4) is 22.6 Å². The Morgan fingerprint density at radius 2 is 1.87 bits per heavy atom. The summed E-state index contributed by atoms with van der Waals surface area (Å²) in [6, 6.07) is 16.9. The average Bonchev–Trinajstić information content (AvgIpc) is 3.02. The first kappa shape index (κ1) is 33.1. The van der Waals surface area contributed by atoms with Gasteiger partial charge in [-0.1, -0.05) is 30.2 Å². The molecular formula is C37H48ClN3O4. The topological polar surface area (TPSA) is 63.3 Å². The van der Waals surface area contributed by atoms with Crippen molar-refractivity contribution in [3.63, 3.8) is 0 Å². The number of nitrogens with one attached hydrogen (secondary N) is 1. The van der Waals surface area contributed by atoms with Gasteiger partial charge in [0.25, 0.3) is 0 Å². The van der Waals surface area contributed by atoms with Gasteiger partial charge in [-0.15, -0.1) is 0 Å². The third-order valence-electron chi connectivity index (χ3n) is 8.87. The number of methoxy groups -OCH3 is 1. The molecule has 7 nitrogen and oxygen atoms in total. The van der Waals surface area contributed by atoms with Crippen LogP contribution in [0.3, 0.4) is 0 Å². The molecule has 45 heavy (non-hydrogen) atoms. The van der Waals surface area contributed by atoms with Gasteiger partial charge >= 0.3 is 0 Å². The quantitative estimate of drug-likeness (QED) is 0.207. The van der Waals surface area contributed by atoms with Crippen LogP contribution in [0.2, 0.25) is 5.02 Å². The summed E-state index contributed by atoms with van der Waals surface area (Å²) in [7, 11) is 5.85. The van der Waals surface area contributed by atoms with E-state index in [4.69, 9.17) is 25.8 Å². The third kappa shape index (κ3) is 7.76. The predicted octanol–water partition coefficient (Wildman–Crippen LogP) is 7.61. The zero-order chi connectivity index (χ0) is 32.1. The molecule has 1 N–H and O–H groups in total. The Labute approximate surface area is 273 Å². The zero-order valence-electron chi connectivity index (χ0n) is 27.6. The highest BCUT2D eigenvalue weighted by atomic mass is 35.5. The number of carbonyl (C=O) groups excluding carboxylic acids is 1. The molecule has 3 aromatic rings. The molecule has 1 amide bonds. The number of fused-ring (bicyclic) bond motifs is 1. The molecule has 0 saturated heterocycles. The second-order valence-corrected chi connectivity index (χ2v) is 13.1. The molecule has 0 aromatic heterocycles. The molecular weight excluding hydrogens is 586 g/mol. The van der Waals surface area contributed by atoms with Gasteiger partial charge in [0.05, 0.1) is 38.5 Å². The molecule has 1 saturated carbocycles. The molecule has 0 spiro atoms. The molecule has 1 fully saturated rings. The average molecular weight is 634 g/mol. The summed E-state index contributed by atoms with van der Waals surface area (Å²) in [4.78, 5) is 18.2. The Balaban J connectivity index is 1.58. The van der Waals surface area contributed by atoms with E-state index in [0.717, 1.165) is 67.0 Å². The number of hydrogen-bond acceptors (Lipinski definition) is 6. The van der Waals surface area contributed by atoms with E-state index in [2.05, 4.69) is 42.5 Å². The molecule has 1 unspecified atom stereocenters. The molecule has 1 heterocycles. The maximum absolute atomic E-state index is 14.0. The first-order chi connectivity index (χ1) is 21.7. The number of benzene rings is 3. The van der Waals surface area contributed by atoms with Crippen LogP contribution < -0.4 is 24.6 Å². The summed E-state index contributed by atoms with van der Waals surface area (Å²) in [6.45, 7) is 8.82. The Morgan fingerprint density at radius 1 is 1.07 bits per heavy atom. The van der Waals surface area contributed by atoms with Crippen LogP contribution in [-0.2, 0) is 22.5 Å². The number of halogens is 1. The lowest BCUT2D eigenvalue weighted by Gasteiger charge is -2.36. The highest BCUT2D eigenvalue weighted by Crippen LogP contribution is 2.45. The smallest absolute Gasteiger partial charge is 0.231 e. The van der Waals surface area contributed by atoms with Gasteiger partial charge in [-0.05, 0) is 105 Å². The normalized spacial score (nSPS) is 18.2. The highest BCUT2D eigenvalue weighted by Gasteiger charge is 2.32. The largest absolute Gasteiger partial charge is 0.493 e. The van der Waals surface area contributed by atoms with Gasteiger partial charge in [0.1, 0.15) is 0 Å². The van der Waals surface area contributed by atoms with Crippen molar-refractivity contribution < 1.29 is 19.0 Å². The fourth-order valence-electron chi connectivity index (χ4n) is 6.75. The molecule has 0 bridgehead atoms. The third-order valence-corrected chi connectivity index (χ3v) is 9.11. The van der Waals surface area contributed by atoms with Crippen molar-refractivity contribution in [1.29, 1.82) is 0 Å². The van der Waals surface area contributed by atoms with Crippen molar-refractivity contribution >= 4 is 28.9 Å². The van der Waals surface area contributed by atoms with E-state index in [0.29, 0.717) is 41.4 Å². The molecule has 8 heteroatoms. The van der Waals surface area contributed by atoms with E-state index < -0.39 is 0 Å². The van der Waals surface area contributed by atoms with Gasteiger partial charge in [-0.2, -0.15) is 0 Å². The molecule has 1 aliphatic carbocycles. The summed E-state index contributed by atoms with van der Waals surface area (Å²) in [6.07, 6.45) is 4.79. The van der Waals surface area contributed by atoms with Crippen molar-refractivity contribution in [2.75, 3.05) is 50.8 Å². The van der Waals surface area contributed by atoms with Crippen molar-refractivity contribution in [3.05, 3.63) is 70.2 Å². The lowest BCUT2D eigenvalue weighted by Crippen LogP contribution is -2.37. The Hall–Kier alpha value is -3.26. The van der Waals surface area contributed by atoms with Gasteiger partial charge in [0.2, 0.25) is 5.91 Å². The standard InChI is InChI=1S/C37H48ClN3O4/c1-7-44-15-14-39-30-13-9-11-26(17-30)31-22-34(32(21-33(31)40(4)5)25-10-8-12-29(38)16-25)41-23-28-19-36(45-24(2)3)35(43-6)18-27(28)20-37(41)42/h8,10,12,16,18-19,21-22,24,26,30,39H,7,9,11,13-15,17,20,23H2,1-6H3/t26?,30-/m1/s1. The monoisotopic (exact) mass is 633 g/mol. The minimum absolute atomic E-state index is 0.00169. The van der Waals surface area contributed by atoms with Crippen LogP contribution in [0.15, 0.2) is 48.5 Å². The fraction of sp³-hybridized carbons (Fsp3) is 0.486. The van der Waals surface area contributed by atoms with E-state index in [-0.39, 0.29) is 12.0 Å². The van der Waals surface area contributed by atoms with E-state index in [1.807, 2.05) is 56.0 Å². The molecule has 5 rings (SSSR count). The molecule has 0 radical (unpaired) electrons. The van der Waals surface area contributed by atoms with Crippen LogP contribution >= 0.6 is 11.6 Å². The number of ether oxygens (including phenoxy) is 3. The van der Waals surface area contributed by atoms with Gasteiger partial charge < -0.3 is 29.3 Å². The number of carbonyl (C=O) groups is 1. The van der Waals surface area contributed by atoms with Crippen LogP contribution in [0.4, 0.5) is 11.4 Å². The number of anilines is 2. The summed E-state index contributed by atoms with van der Waals surface area (Å²) < 4.78 is 17.3. The Kier molecular flexibility index (Phi) is 11.0. The van der Waals surface area contributed by atoms with Gasteiger partial charge in [-0.3, -0.25) is 4.79 Å². The second-order valence-electron chi connectivity index (χ2n) is 12.6. The van der Waals surface area contributed by atoms with Crippen molar-refractivity contribution in [1.82, 2.24) is 5.32 Å². The van der Waals surface area contributed by atoms with Gasteiger partial charge in [-0.25, -0.2) is 0 Å². The van der Waals surface area contributed by atoms with E-state index >= 15 is 0 Å². The highest BCUT2D eigenvalue weighted by molar-refractivity contribution is 6.30.